The van der Waals surface area contributed by atoms with Crippen LogP contribution in [0.3, 0.4) is 0 Å². The molecular formula is C11H11FN2OS. The molecule has 16 heavy (non-hydrogen) atoms. The molecule has 0 radical (unpaired) electrons. The van der Waals surface area contributed by atoms with Crippen LogP contribution < -0.4 is 10.6 Å². The monoisotopic (exact) mass is 238 g/mol. The summed E-state index contributed by atoms with van der Waals surface area (Å²) in [5, 5.41) is 5.22. The van der Waals surface area contributed by atoms with Gasteiger partial charge in [-0.05, 0) is 24.4 Å². The van der Waals surface area contributed by atoms with Crippen LogP contribution in [0.2, 0.25) is 0 Å². The highest BCUT2D eigenvalue weighted by molar-refractivity contribution is 7.80. The van der Waals surface area contributed by atoms with Crippen molar-refractivity contribution in [3.05, 3.63) is 48.3 Å². The molecule has 0 aliphatic rings. The molecule has 0 saturated carbocycles. The standard InChI is InChI=1S/C11H11FN2OS/c1-2-7-13-11(16)14-10(15)8-5-3-4-6-9(8)12/h2-6H,1,7H2,(H2,13,14,15,16). The van der Waals surface area contributed by atoms with E-state index in [1.807, 2.05) is 0 Å². The van der Waals surface area contributed by atoms with Crippen LogP contribution in [-0.2, 0) is 0 Å². The maximum Gasteiger partial charge on any atom is 0.260 e. The largest absolute Gasteiger partial charge is 0.359 e. The van der Waals surface area contributed by atoms with Gasteiger partial charge in [-0.3, -0.25) is 10.1 Å². The Hall–Kier alpha value is -1.75. The summed E-state index contributed by atoms with van der Waals surface area (Å²) in [6.07, 6.45) is 1.60. The predicted octanol–water partition coefficient (Wildman–Crippen LogP) is 1.62. The highest BCUT2D eigenvalue weighted by Gasteiger charge is 2.11. The maximum atomic E-state index is 13.2. The molecule has 0 spiro atoms. The highest BCUT2D eigenvalue weighted by atomic mass is 32.1. The fourth-order valence-electron chi connectivity index (χ4n) is 1.02. The van der Waals surface area contributed by atoms with E-state index in [9.17, 15) is 9.18 Å². The number of carbonyl (C=O) groups excluding carboxylic acids is 1. The molecule has 1 aromatic rings. The van der Waals surface area contributed by atoms with Crippen LogP contribution >= 0.6 is 12.2 Å². The van der Waals surface area contributed by atoms with Gasteiger partial charge in [0, 0.05) is 6.54 Å². The van der Waals surface area contributed by atoms with E-state index in [-0.39, 0.29) is 10.7 Å². The van der Waals surface area contributed by atoms with E-state index in [0.717, 1.165) is 0 Å². The number of rotatable bonds is 3. The van der Waals surface area contributed by atoms with Gasteiger partial charge in [-0.2, -0.15) is 0 Å². The zero-order valence-corrected chi connectivity index (χ0v) is 9.31. The Morgan fingerprint density at radius 3 is 2.81 bits per heavy atom. The van der Waals surface area contributed by atoms with Gasteiger partial charge in [0.05, 0.1) is 5.56 Å². The summed E-state index contributed by atoms with van der Waals surface area (Å²) in [4.78, 5) is 11.5. The van der Waals surface area contributed by atoms with Gasteiger partial charge in [-0.25, -0.2) is 4.39 Å². The Morgan fingerprint density at radius 1 is 1.50 bits per heavy atom. The van der Waals surface area contributed by atoms with Crippen molar-refractivity contribution >= 4 is 23.2 Å². The van der Waals surface area contributed by atoms with E-state index in [1.165, 1.54) is 18.2 Å². The van der Waals surface area contributed by atoms with Crippen LogP contribution in [0.25, 0.3) is 0 Å². The van der Waals surface area contributed by atoms with E-state index < -0.39 is 11.7 Å². The zero-order valence-electron chi connectivity index (χ0n) is 8.50. The third kappa shape index (κ3) is 3.43. The minimum atomic E-state index is -0.577. The summed E-state index contributed by atoms with van der Waals surface area (Å²) < 4.78 is 13.2. The molecule has 0 unspecified atom stereocenters. The van der Waals surface area contributed by atoms with Crippen molar-refractivity contribution in [2.24, 2.45) is 0 Å². The normalized spacial score (nSPS) is 9.31. The van der Waals surface area contributed by atoms with E-state index in [2.05, 4.69) is 17.2 Å². The van der Waals surface area contributed by atoms with Gasteiger partial charge in [0.25, 0.3) is 5.91 Å². The topological polar surface area (TPSA) is 41.1 Å². The average molecular weight is 238 g/mol. The molecule has 1 aromatic carbocycles. The van der Waals surface area contributed by atoms with Crippen LogP contribution in [-0.4, -0.2) is 17.6 Å². The molecular weight excluding hydrogens is 227 g/mol. The van der Waals surface area contributed by atoms with Crippen molar-refractivity contribution in [3.8, 4) is 0 Å². The molecule has 0 saturated heterocycles. The van der Waals surface area contributed by atoms with Gasteiger partial charge in [0.1, 0.15) is 5.82 Å². The number of amides is 1. The van der Waals surface area contributed by atoms with Gasteiger partial charge >= 0.3 is 0 Å². The molecule has 3 nitrogen and oxygen atoms in total. The minimum Gasteiger partial charge on any atom is -0.359 e. The number of hydrogen-bond donors (Lipinski definition) is 2. The number of hydrogen-bond acceptors (Lipinski definition) is 2. The van der Waals surface area contributed by atoms with E-state index >= 15 is 0 Å². The lowest BCUT2D eigenvalue weighted by Crippen LogP contribution is -2.39. The number of benzene rings is 1. The molecule has 1 rings (SSSR count). The van der Waals surface area contributed by atoms with Crippen molar-refractivity contribution in [3.63, 3.8) is 0 Å². The van der Waals surface area contributed by atoms with Crippen LogP contribution in [0.15, 0.2) is 36.9 Å². The first-order valence-corrected chi connectivity index (χ1v) is 5.00. The molecule has 84 valence electrons. The number of carbonyl (C=O) groups is 1. The molecule has 1 amide bonds. The Morgan fingerprint density at radius 2 is 2.19 bits per heavy atom. The summed E-state index contributed by atoms with van der Waals surface area (Å²) >= 11 is 4.83. The third-order valence-electron chi connectivity index (χ3n) is 1.75. The number of halogens is 1. The van der Waals surface area contributed by atoms with Gasteiger partial charge in [0.2, 0.25) is 0 Å². The second-order valence-corrected chi connectivity index (χ2v) is 3.34. The highest BCUT2D eigenvalue weighted by Crippen LogP contribution is 2.05. The molecule has 2 N–H and O–H groups in total. The molecule has 5 heteroatoms. The van der Waals surface area contributed by atoms with Crippen molar-refractivity contribution in [2.75, 3.05) is 6.54 Å². The lowest BCUT2D eigenvalue weighted by atomic mass is 10.2. The van der Waals surface area contributed by atoms with Crippen LogP contribution in [0.1, 0.15) is 10.4 Å². The van der Waals surface area contributed by atoms with Gasteiger partial charge in [-0.1, -0.05) is 18.2 Å². The number of nitrogens with one attached hydrogen (secondary N) is 2. The predicted molar refractivity (Wildman–Crippen MR) is 64.7 cm³/mol. The Balaban J connectivity index is 2.62. The zero-order chi connectivity index (χ0) is 12.0. The maximum absolute atomic E-state index is 13.2. The van der Waals surface area contributed by atoms with E-state index in [0.29, 0.717) is 6.54 Å². The molecule has 0 atom stereocenters. The first-order chi connectivity index (χ1) is 7.65. The molecule has 0 fully saturated rings. The summed E-state index contributed by atoms with van der Waals surface area (Å²) in [7, 11) is 0. The van der Waals surface area contributed by atoms with Crippen molar-refractivity contribution in [1.29, 1.82) is 0 Å². The van der Waals surface area contributed by atoms with Crippen LogP contribution in [0.4, 0.5) is 4.39 Å². The smallest absolute Gasteiger partial charge is 0.260 e. The first-order valence-electron chi connectivity index (χ1n) is 4.59. The fourth-order valence-corrected chi connectivity index (χ4v) is 1.20. The minimum absolute atomic E-state index is 0.0368. The molecule has 0 aliphatic heterocycles. The van der Waals surface area contributed by atoms with Crippen molar-refractivity contribution in [2.45, 2.75) is 0 Å². The quantitative estimate of drug-likeness (QED) is 0.621. The van der Waals surface area contributed by atoms with Crippen LogP contribution in [0.5, 0.6) is 0 Å². The van der Waals surface area contributed by atoms with E-state index in [4.69, 9.17) is 12.2 Å². The number of thiocarbonyl (C=S) groups is 1. The van der Waals surface area contributed by atoms with Crippen molar-refractivity contribution in [1.82, 2.24) is 10.6 Å². The van der Waals surface area contributed by atoms with E-state index in [1.54, 1.807) is 12.1 Å². The Bertz CT molecular complexity index is 420. The molecule has 0 heterocycles. The Kier molecular flexibility index (Phi) is 4.60. The van der Waals surface area contributed by atoms with Gasteiger partial charge in [0.15, 0.2) is 5.11 Å². The summed E-state index contributed by atoms with van der Waals surface area (Å²) in [5.74, 6) is -1.15. The Labute approximate surface area is 98.4 Å². The molecule has 0 aliphatic carbocycles. The fraction of sp³-hybridized carbons (Fsp3) is 0.0909. The van der Waals surface area contributed by atoms with Gasteiger partial charge in [-0.15, -0.1) is 6.58 Å². The SMILES string of the molecule is C=CCNC(=S)NC(=O)c1ccccc1F. The molecule has 0 aromatic heterocycles. The second kappa shape index (κ2) is 5.97. The summed E-state index contributed by atoms with van der Waals surface area (Å²) in [6.45, 7) is 3.93. The summed E-state index contributed by atoms with van der Waals surface area (Å²) in [5.41, 5.74) is -0.0368. The van der Waals surface area contributed by atoms with Crippen LogP contribution in [0, 0.1) is 5.82 Å². The van der Waals surface area contributed by atoms with Crippen molar-refractivity contribution < 1.29 is 9.18 Å². The second-order valence-electron chi connectivity index (χ2n) is 2.93. The lowest BCUT2D eigenvalue weighted by Gasteiger charge is -2.07. The van der Waals surface area contributed by atoms with Gasteiger partial charge < -0.3 is 5.32 Å². The molecule has 0 bridgehead atoms. The first kappa shape index (κ1) is 12.3. The lowest BCUT2D eigenvalue weighted by molar-refractivity contribution is 0.0973. The average Bonchev–Trinajstić information content (AvgIpc) is 2.26. The third-order valence-corrected chi connectivity index (χ3v) is 2.00. The summed E-state index contributed by atoms with van der Waals surface area (Å²) in [6, 6.07) is 5.70.